The molecule has 0 aliphatic heterocycles. The summed E-state index contributed by atoms with van der Waals surface area (Å²) in [6.07, 6.45) is 6.51. The summed E-state index contributed by atoms with van der Waals surface area (Å²) in [5, 5.41) is 10.9. The topological polar surface area (TPSA) is 52.8 Å². The number of rotatable bonds is 6. The summed E-state index contributed by atoms with van der Waals surface area (Å²) in [5.74, 6) is 0. The first-order valence-electron chi connectivity index (χ1n) is 7.60. The largest absolute Gasteiger partial charge is 0.381 e. The molecule has 0 N–H and O–H groups in total. The predicted molar refractivity (Wildman–Crippen MR) is 85.8 cm³/mol. The van der Waals surface area contributed by atoms with Crippen LogP contribution in [-0.4, -0.2) is 33.2 Å². The second-order valence-corrected chi connectivity index (χ2v) is 5.26. The molecular weight excluding hydrogens is 276 g/mol. The van der Waals surface area contributed by atoms with Crippen LogP contribution in [0.5, 0.6) is 0 Å². The van der Waals surface area contributed by atoms with E-state index in [1.54, 1.807) is 0 Å². The molecule has 1 atom stereocenters. The maximum Gasteiger partial charge on any atom is 0.0850 e. The molecule has 2 heterocycles. The third-order valence-corrected chi connectivity index (χ3v) is 3.83. The molecule has 0 bridgehead atoms. The zero-order valence-corrected chi connectivity index (χ0v) is 12.9. The fourth-order valence-corrected chi connectivity index (χ4v) is 2.59. The van der Waals surface area contributed by atoms with Gasteiger partial charge in [0, 0.05) is 37.0 Å². The first-order chi connectivity index (χ1) is 10.8. The van der Waals surface area contributed by atoms with Gasteiger partial charge in [0.05, 0.1) is 18.3 Å². The van der Waals surface area contributed by atoms with Crippen LogP contribution < -0.4 is 0 Å². The lowest BCUT2D eigenvalue weighted by atomic mass is 10.0. The van der Waals surface area contributed by atoms with E-state index in [1.807, 2.05) is 36.3 Å². The molecule has 1 aromatic carbocycles. The van der Waals surface area contributed by atoms with E-state index < -0.39 is 0 Å². The summed E-state index contributed by atoms with van der Waals surface area (Å²) in [7, 11) is 0. The number of aromatic nitrogens is 4. The Kier molecular flexibility index (Phi) is 4.44. The van der Waals surface area contributed by atoms with E-state index in [2.05, 4.69) is 40.4 Å². The molecule has 114 valence electrons. The normalized spacial score (nSPS) is 12.6. The molecule has 0 saturated heterocycles. The lowest BCUT2D eigenvalue weighted by molar-refractivity contribution is 0.150. The zero-order valence-electron chi connectivity index (χ0n) is 12.9. The minimum Gasteiger partial charge on any atom is -0.381 e. The first kappa shape index (κ1) is 14.7. The molecule has 0 saturated carbocycles. The van der Waals surface area contributed by atoms with Crippen LogP contribution in [0.1, 0.15) is 31.1 Å². The Morgan fingerprint density at radius 1 is 1.27 bits per heavy atom. The van der Waals surface area contributed by atoms with Crippen LogP contribution in [-0.2, 0) is 11.2 Å². The average molecular weight is 296 g/mol. The van der Waals surface area contributed by atoms with E-state index in [-0.39, 0.29) is 6.04 Å². The summed E-state index contributed by atoms with van der Waals surface area (Å²) >= 11 is 0. The molecule has 5 nitrogen and oxygen atoms in total. The fourth-order valence-electron chi connectivity index (χ4n) is 2.59. The number of nitrogens with zero attached hydrogens (tertiary/aromatic N) is 4. The molecule has 0 aliphatic carbocycles. The summed E-state index contributed by atoms with van der Waals surface area (Å²) in [6, 6.07) is 8.44. The maximum atomic E-state index is 5.37. The Balaban J connectivity index is 1.85. The zero-order chi connectivity index (χ0) is 15.4. The number of fused-ring (bicyclic) bond motifs is 1. The molecule has 0 amide bonds. The van der Waals surface area contributed by atoms with Crippen LogP contribution in [0.3, 0.4) is 0 Å². The Hall–Kier alpha value is -2.27. The Morgan fingerprint density at radius 2 is 2.18 bits per heavy atom. The van der Waals surface area contributed by atoms with Gasteiger partial charge in [-0.1, -0.05) is 23.4 Å². The maximum absolute atomic E-state index is 5.37. The fraction of sp³-hybridized carbons (Fsp3) is 0.353. The van der Waals surface area contributed by atoms with Crippen molar-refractivity contribution < 1.29 is 4.74 Å². The van der Waals surface area contributed by atoms with Gasteiger partial charge >= 0.3 is 0 Å². The number of benzene rings is 1. The van der Waals surface area contributed by atoms with Crippen molar-refractivity contribution in [3.63, 3.8) is 0 Å². The van der Waals surface area contributed by atoms with Gasteiger partial charge in [0.15, 0.2) is 0 Å². The van der Waals surface area contributed by atoms with Gasteiger partial charge in [0.2, 0.25) is 0 Å². The Bertz CT molecular complexity index is 748. The molecule has 0 spiro atoms. The van der Waals surface area contributed by atoms with Gasteiger partial charge in [-0.05, 0) is 30.9 Å². The highest BCUT2D eigenvalue weighted by Gasteiger charge is 2.13. The van der Waals surface area contributed by atoms with Gasteiger partial charge in [-0.15, -0.1) is 5.10 Å². The van der Waals surface area contributed by atoms with Crippen molar-refractivity contribution in [1.29, 1.82) is 0 Å². The number of ether oxygens (including phenoxy) is 1. The van der Waals surface area contributed by atoms with E-state index in [0.717, 1.165) is 24.1 Å². The van der Waals surface area contributed by atoms with E-state index in [0.29, 0.717) is 6.61 Å². The van der Waals surface area contributed by atoms with Crippen molar-refractivity contribution in [2.24, 2.45) is 0 Å². The summed E-state index contributed by atoms with van der Waals surface area (Å²) in [4.78, 5) is 4.18. The highest BCUT2D eigenvalue weighted by atomic mass is 16.5. The summed E-state index contributed by atoms with van der Waals surface area (Å²) in [6.45, 7) is 5.54. The minimum absolute atomic E-state index is 0.124. The SMILES string of the molecule is CCOCCc1cn([C@H](C)c2cccc3cnccc23)nn1. The van der Waals surface area contributed by atoms with Crippen molar-refractivity contribution in [1.82, 2.24) is 20.0 Å². The van der Waals surface area contributed by atoms with Gasteiger partial charge in [0.25, 0.3) is 0 Å². The van der Waals surface area contributed by atoms with E-state index in [9.17, 15) is 0 Å². The molecule has 5 heteroatoms. The number of hydrogen-bond donors (Lipinski definition) is 0. The van der Waals surface area contributed by atoms with Crippen LogP contribution in [0.4, 0.5) is 0 Å². The molecule has 0 fully saturated rings. The van der Waals surface area contributed by atoms with Gasteiger partial charge in [-0.25, -0.2) is 4.68 Å². The van der Waals surface area contributed by atoms with Crippen molar-refractivity contribution in [3.05, 3.63) is 54.1 Å². The van der Waals surface area contributed by atoms with Gasteiger partial charge < -0.3 is 4.74 Å². The molecular formula is C17H20N4O. The lowest BCUT2D eigenvalue weighted by Gasteiger charge is -2.14. The molecule has 3 rings (SSSR count). The van der Waals surface area contributed by atoms with Crippen LogP contribution in [0, 0.1) is 0 Å². The van der Waals surface area contributed by atoms with Crippen molar-refractivity contribution in [3.8, 4) is 0 Å². The Labute approximate surface area is 129 Å². The molecule has 0 aliphatic rings. The third kappa shape index (κ3) is 2.99. The van der Waals surface area contributed by atoms with Crippen LogP contribution >= 0.6 is 0 Å². The molecule has 0 radical (unpaired) electrons. The van der Waals surface area contributed by atoms with Crippen LogP contribution in [0.15, 0.2) is 42.9 Å². The molecule has 3 aromatic rings. The second-order valence-electron chi connectivity index (χ2n) is 5.26. The predicted octanol–water partition coefficient (Wildman–Crippen LogP) is 3.01. The van der Waals surface area contributed by atoms with Crippen molar-refractivity contribution in [2.45, 2.75) is 26.3 Å². The number of hydrogen-bond acceptors (Lipinski definition) is 4. The minimum atomic E-state index is 0.124. The molecule has 2 aromatic heterocycles. The van der Waals surface area contributed by atoms with Gasteiger partial charge in [0.1, 0.15) is 0 Å². The monoisotopic (exact) mass is 296 g/mol. The first-order valence-corrected chi connectivity index (χ1v) is 7.60. The van der Waals surface area contributed by atoms with Crippen LogP contribution in [0.25, 0.3) is 10.8 Å². The standard InChI is InChI=1S/C17H20N4O/c1-3-22-10-8-15-12-21(20-19-15)13(2)16-6-4-5-14-11-18-9-7-17(14)16/h4-7,9,11-13H,3,8,10H2,1-2H3/t13-/m1/s1. The van der Waals surface area contributed by atoms with E-state index in [4.69, 9.17) is 4.74 Å². The Morgan fingerprint density at radius 3 is 3.05 bits per heavy atom. The summed E-state index contributed by atoms with van der Waals surface area (Å²) < 4.78 is 7.28. The van der Waals surface area contributed by atoms with E-state index in [1.165, 1.54) is 10.9 Å². The lowest BCUT2D eigenvalue weighted by Crippen LogP contribution is -2.08. The van der Waals surface area contributed by atoms with Crippen molar-refractivity contribution >= 4 is 10.8 Å². The summed E-state index contributed by atoms with van der Waals surface area (Å²) in [5.41, 5.74) is 2.18. The van der Waals surface area contributed by atoms with Crippen molar-refractivity contribution in [2.75, 3.05) is 13.2 Å². The number of pyridine rings is 1. The molecule has 22 heavy (non-hydrogen) atoms. The van der Waals surface area contributed by atoms with Crippen LogP contribution in [0.2, 0.25) is 0 Å². The third-order valence-electron chi connectivity index (χ3n) is 3.83. The highest BCUT2D eigenvalue weighted by molar-refractivity contribution is 5.85. The van der Waals surface area contributed by atoms with E-state index >= 15 is 0 Å². The van der Waals surface area contributed by atoms with Gasteiger partial charge in [-0.2, -0.15) is 0 Å². The quantitative estimate of drug-likeness (QED) is 0.656. The molecule has 0 unspecified atom stereocenters. The smallest absolute Gasteiger partial charge is 0.0850 e. The average Bonchev–Trinajstić information content (AvgIpc) is 3.03. The highest BCUT2D eigenvalue weighted by Crippen LogP contribution is 2.25. The second kappa shape index (κ2) is 6.66. The van der Waals surface area contributed by atoms with Gasteiger partial charge in [-0.3, -0.25) is 4.98 Å².